The lowest BCUT2D eigenvalue weighted by atomic mass is 10.0. The van der Waals surface area contributed by atoms with E-state index in [1.54, 1.807) is 19.9 Å². The van der Waals surface area contributed by atoms with Gasteiger partial charge in [-0.3, -0.25) is 4.79 Å². The number of allylic oxidation sites excluding steroid dienone is 1. The Hall–Kier alpha value is -2.51. The molecule has 0 bridgehead atoms. The highest BCUT2D eigenvalue weighted by molar-refractivity contribution is 7.89. The Labute approximate surface area is 145 Å². The van der Waals surface area contributed by atoms with Gasteiger partial charge in [-0.25, -0.2) is 17.5 Å². The van der Waals surface area contributed by atoms with Crippen LogP contribution in [0.5, 0.6) is 0 Å². The molecule has 25 heavy (non-hydrogen) atoms. The molecule has 1 amide bonds. The molecular formula is C18H17FN2O3S. The van der Waals surface area contributed by atoms with Crippen molar-refractivity contribution in [2.45, 2.75) is 25.3 Å². The number of amides is 1. The largest absolute Gasteiger partial charge is 0.321 e. The Balaban J connectivity index is 1.88. The van der Waals surface area contributed by atoms with Crippen molar-refractivity contribution in [1.29, 1.82) is 0 Å². The molecule has 0 spiro atoms. The van der Waals surface area contributed by atoms with Gasteiger partial charge in [-0.05, 0) is 49.7 Å². The van der Waals surface area contributed by atoms with E-state index >= 15 is 0 Å². The van der Waals surface area contributed by atoms with Crippen LogP contribution in [-0.4, -0.2) is 14.3 Å². The van der Waals surface area contributed by atoms with Crippen LogP contribution in [0.25, 0.3) is 5.57 Å². The molecule has 1 heterocycles. The van der Waals surface area contributed by atoms with Crippen molar-refractivity contribution in [2.75, 3.05) is 5.32 Å². The molecule has 2 aromatic rings. The summed E-state index contributed by atoms with van der Waals surface area (Å²) in [7, 11) is -3.76. The number of rotatable bonds is 4. The Morgan fingerprint density at radius 3 is 2.44 bits per heavy atom. The van der Waals surface area contributed by atoms with Gasteiger partial charge in [-0.15, -0.1) is 0 Å². The van der Waals surface area contributed by atoms with E-state index in [-0.39, 0.29) is 23.2 Å². The lowest BCUT2D eigenvalue weighted by Gasteiger charge is -2.09. The number of anilines is 1. The van der Waals surface area contributed by atoms with E-state index in [0.717, 1.165) is 5.57 Å². The van der Waals surface area contributed by atoms with Gasteiger partial charge >= 0.3 is 0 Å². The van der Waals surface area contributed by atoms with Crippen LogP contribution in [0.3, 0.4) is 0 Å². The molecule has 0 saturated carbocycles. The summed E-state index contributed by atoms with van der Waals surface area (Å²) < 4.78 is 40.4. The summed E-state index contributed by atoms with van der Waals surface area (Å²) in [6.07, 6.45) is 0. The maximum atomic E-state index is 12.9. The minimum atomic E-state index is -3.76. The molecule has 5 nitrogen and oxygen atoms in total. The molecule has 7 heteroatoms. The third kappa shape index (κ3) is 3.47. The van der Waals surface area contributed by atoms with Gasteiger partial charge in [0.2, 0.25) is 10.0 Å². The number of fused-ring (bicyclic) bond motifs is 1. The first kappa shape index (κ1) is 17.3. The van der Waals surface area contributed by atoms with Crippen molar-refractivity contribution in [3.8, 4) is 0 Å². The van der Waals surface area contributed by atoms with Gasteiger partial charge in [0.25, 0.3) is 5.91 Å². The minimum Gasteiger partial charge on any atom is -0.321 e. The van der Waals surface area contributed by atoms with Crippen LogP contribution in [0.4, 0.5) is 10.1 Å². The van der Waals surface area contributed by atoms with E-state index in [0.29, 0.717) is 22.4 Å². The van der Waals surface area contributed by atoms with Gasteiger partial charge < -0.3 is 5.32 Å². The monoisotopic (exact) mass is 360 g/mol. The zero-order valence-corrected chi connectivity index (χ0v) is 14.6. The molecule has 1 aliphatic heterocycles. The lowest BCUT2D eigenvalue weighted by Crippen LogP contribution is -2.23. The summed E-state index contributed by atoms with van der Waals surface area (Å²) >= 11 is 0. The highest BCUT2D eigenvalue weighted by Crippen LogP contribution is 2.35. The number of halogens is 1. The molecule has 0 aromatic heterocycles. The Kier molecular flexibility index (Phi) is 4.45. The lowest BCUT2D eigenvalue weighted by molar-refractivity contribution is -0.110. The Morgan fingerprint density at radius 2 is 1.80 bits per heavy atom. The van der Waals surface area contributed by atoms with E-state index in [1.165, 1.54) is 36.4 Å². The number of carbonyl (C=O) groups excluding carboxylic acids is 1. The summed E-state index contributed by atoms with van der Waals surface area (Å²) in [5, 5.41) is 2.72. The molecule has 0 fully saturated rings. The van der Waals surface area contributed by atoms with E-state index in [9.17, 15) is 17.6 Å². The van der Waals surface area contributed by atoms with Crippen LogP contribution in [0.1, 0.15) is 25.0 Å². The van der Waals surface area contributed by atoms with Crippen LogP contribution in [0, 0.1) is 5.82 Å². The number of hydrogen-bond acceptors (Lipinski definition) is 3. The van der Waals surface area contributed by atoms with E-state index in [2.05, 4.69) is 10.0 Å². The number of hydrogen-bond donors (Lipinski definition) is 2. The van der Waals surface area contributed by atoms with Crippen LogP contribution >= 0.6 is 0 Å². The van der Waals surface area contributed by atoms with Crippen LogP contribution in [0.2, 0.25) is 0 Å². The normalized spacial score (nSPS) is 13.6. The summed E-state index contributed by atoms with van der Waals surface area (Å²) in [5.41, 5.74) is 3.12. The summed E-state index contributed by atoms with van der Waals surface area (Å²) in [6.45, 7) is 3.66. The zero-order chi connectivity index (χ0) is 18.2. The molecule has 0 saturated heterocycles. The topological polar surface area (TPSA) is 75.3 Å². The van der Waals surface area contributed by atoms with Crippen LogP contribution in [-0.2, 0) is 21.4 Å². The van der Waals surface area contributed by atoms with Crippen molar-refractivity contribution in [3.05, 3.63) is 65.0 Å². The predicted octanol–water partition coefficient (Wildman–Crippen LogP) is 3.05. The minimum absolute atomic E-state index is 0.0480. The number of nitrogens with one attached hydrogen (secondary N) is 2. The van der Waals surface area contributed by atoms with Gasteiger partial charge in [0.15, 0.2) is 0 Å². The van der Waals surface area contributed by atoms with E-state index in [4.69, 9.17) is 0 Å². The molecule has 0 aliphatic carbocycles. The molecule has 3 rings (SSSR count). The van der Waals surface area contributed by atoms with E-state index in [1.807, 2.05) is 0 Å². The van der Waals surface area contributed by atoms with E-state index < -0.39 is 10.0 Å². The standard InChI is InChI=1S/C18H17FN2O3S/c1-11(2)17-15-9-14(7-8-16(15)21-18(17)22)25(23,24)20-10-12-3-5-13(19)6-4-12/h3-9,20H,10H2,1-2H3,(H,21,22). The van der Waals surface area contributed by atoms with Crippen molar-refractivity contribution in [3.63, 3.8) is 0 Å². The van der Waals surface area contributed by atoms with Crippen molar-refractivity contribution in [1.82, 2.24) is 4.72 Å². The third-order valence-corrected chi connectivity index (χ3v) is 5.32. The van der Waals surface area contributed by atoms with Gasteiger partial charge in [0.05, 0.1) is 4.90 Å². The maximum Gasteiger partial charge on any atom is 0.256 e. The second-order valence-corrected chi connectivity index (χ2v) is 7.75. The summed E-state index contributed by atoms with van der Waals surface area (Å²) in [4.78, 5) is 12.1. The summed E-state index contributed by atoms with van der Waals surface area (Å²) in [5.74, 6) is -0.611. The fourth-order valence-corrected chi connectivity index (χ4v) is 3.72. The van der Waals surface area contributed by atoms with Gasteiger partial charge in [-0.1, -0.05) is 17.7 Å². The molecular weight excluding hydrogens is 343 g/mol. The quantitative estimate of drug-likeness (QED) is 0.823. The van der Waals surface area contributed by atoms with Crippen LogP contribution in [0.15, 0.2) is 52.9 Å². The first-order chi connectivity index (χ1) is 11.8. The first-order valence-corrected chi connectivity index (χ1v) is 9.13. The first-order valence-electron chi connectivity index (χ1n) is 7.65. The van der Waals surface area contributed by atoms with Gasteiger partial charge in [0.1, 0.15) is 5.82 Å². The van der Waals surface area contributed by atoms with Crippen molar-refractivity contribution in [2.24, 2.45) is 0 Å². The highest BCUT2D eigenvalue weighted by atomic mass is 32.2. The summed E-state index contributed by atoms with van der Waals surface area (Å²) in [6, 6.07) is 10.1. The zero-order valence-electron chi connectivity index (χ0n) is 13.8. The Bertz CT molecular complexity index is 976. The van der Waals surface area contributed by atoms with Gasteiger partial charge in [0, 0.05) is 23.4 Å². The number of carbonyl (C=O) groups is 1. The number of benzene rings is 2. The SMILES string of the molecule is CC(C)=C1C(=O)Nc2ccc(S(=O)(=O)NCc3ccc(F)cc3)cc21. The fraction of sp³-hybridized carbons (Fsp3) is 0.167. The smallest absolute Gasteiger partial charge is 0.256 e. The van der Waals surface area contributed by atoms with Gasteiger partial charge in [-0.2, -0.15) is 0 Å². The second-order valence-electron chi connectivity index (χ2n) is 5.99. The average Bonchev–Trinajstić information content (AvgIpc) is 2.89. The molecule has 2 N–H and O–H groups in total. The molecule has 0 atom stereocenters. The second kappa shape index (κ2) is 6.42. The van der Waals surface area contributed by atoms with Crippen molar-refractivity contribution >= 4 is 27.2 Å². The third-order valence-electron chi connectivity index (χ3n) is 3.93. The molecule has 1 aliphatic rings. The molecule has 130 valence electrons. The van der Waals surface area contributed by atoms with Crippen LogP contribution < -0.4 is 10.0 Å². The fourth-order valence-electron chi connectivity index (χ4n) is 2.67. The predicted molar refractivity (Wildman–Crippen MR) is 93.8 cm³/mol. The average molecular weight is 360 g/mol. The molecule has 2 aromatic carbocycles. The molecule has 0 radical (unpaired) electrons. The maximum absolute atomic E-state index is 12.9. The highest BCUT2D eigenvalue weighted by Gasteiger charge is 2.27. The number of sulfonamides is 1. The molecule has 0 unspecified atom stereocenters. The van der Waals surface area contributed by atoms with Crippen molar-refractivity contribution < 1.29 is 17.6 Å². The Morgan fingerprint density at radius 1 is 1.12 bits per heavy atom.